The minimum Gasteiger partial charge on any atom is -0.343 e. The van der Waals surface area contributed by atoms with Gasteiger partial charge in [-0.1, -0.05) is 28.1 Å². The predicted molar refractivity (Wildman–Crippen MR) is 94.5 cm³/mol. The first kappa shape index (κ1) is 20.2. The van der Waals surface area contributed by atoms with E-state index in [0.717, 1.165) is 4.47 Å². The van der Waals surface area contributed by atoms with Crippen LogP contribution in [-0.4, -0.2) is 27.0 Å². The number of anilines is 1. The molecule has 0 saturated heterocycles. The van der Waals surface area contributed by atoms with E-state index in [0.29, 0.717) is 5.56 Å². The lowest BCUT2D eigenvalue weighted by molar-refractivity contribution is -0.123. The standard InChI is InChI=1S/C16H14BrF3N2O3S/c1-10-8-11(6-7-13(10)17)26(24,25)22-14-5-3-2-4-12(14)15(23)21-9-16(18,19)20/h2-8,22H,9H2,1H3,(H,21,23). The van der Waals surface area contributed by atoms with Gasteiger partial charge >= 0.3 is 6.18 Å². The van der Waals surface area contributed by atoms with E-state index < -0.39 is 28.7 Å². The summed E-state index contributed by atoms with van der Waals surface area (Å²) in [6, 6.07) is 9.77. The molecule has 0 saturated carbocycles. The van der Waals surface area contributed by atoms with Gasteiger partial charge in [0.05, 0.1) is 16.1 Å². The molecule has 2 aromatic carbocycles. The smallest absolute Gasteiger partial charge is 0.343 e. The van der Waals surface area contributed by atoms with Gasteiger partial charge in [-0.2, -0.15) is 13.2 Å². The number of nitrogens with one attached hydrogen (secondary N) is 2. The first-order valence-electron chi connectivity index (χ1n) is 7.22. The summed E-state index contributed by atoms with van der Waals surface area (Å²) in [5.74, 6) is -1.03. The molecule has 0 bridgehead atoms. The van der Waals surface area contributed by atoms with Gasteiger partial charge in [-0.3, -0.25) is 9.52 Å². The number of amides is 1. The molecule has 1 amide bonds. The van der Waals surface area contributed by atoms with Crippen molar-refractivity contribution in [2.75, 3.05) is 11.3 Å². The van der Waals surface area contributed by atoms with Crippen LogP contribution in [0.2, 0.25) is 0 Å². The third kappa shape index (κ3) is 5.21. The van der Waals surface area contributed by atoms with Crippen molar-refractivity contribution in [2.45, 2.75) is 18.0 Å². The Balaban J connectivity index is 2.29. The molecule has 0 atom stereocenters. The molecule has 2 aromatic rings. The second-order valence-corrected chi connectivity index (χ2v) is 7.90. The Morgan fingerprint density at radius 3 is 2.42 bits per heavy atom. The highest BCUT2D eigenvalue weighted by atomic mass is 79.9. The van der Waals surface area contributed by atoms with Crippen LogP contribution in [0, 0.1) is 6.92 Å². The first-order chi connectivity index (χ1) is 12.0. The van der Waals surface area contributed by atoms with Crippen molar-refractivity contribution < 1.29 is 26.4 Å². The molecule has 0 fully saturated rings. The van der Waals surface area contributed by atoms with Crippen molar-refractivity contribution >= 4 is 37.5 Å². The van der Waals surface area contributed by atoms with Gasteiger partial charge < -0.3 is 5.32 Å². The molecular weight excluding hydrogens is 437 g/mol. The second-order valence-electron chi connectivity index (χ2n) is 5.36. The van der Waals surface area contributed by atoms with Crippen molar-refractivity contribution in [1.82, 2.24) is 5.32 Å². The average molecular weight is 451 g/mol. The van der Waals surface area contributed by atoms with Crippen molar-refractivity contribution in [2.24, 2.45) is 0 Å². The van der Waals surface area contributed by atoms with E-state index in [9.17, 15) is 26.4 Å². The lowest BCUT2D eigenvalue weighted by Crippen LogP contribution is -2.34. The van der Waals surface area contributed by atoms with Gasteiger partial charge in [-0.05, 0) is 42.8 Å². The van der Waals surface area contributed by atoms with Gasteiger partial charge in [0.15, 0.2) is 0 Å². The molecular formula is C16H14BrF3N2O3S. The third-order valence-electron chi connectivity index (χ3n) is 3.31. The van der Waals surface area contributed by atoms with Crippen LogP contribution in [0.3, 0.4) is 0 Å². The van der Waals surface area contributed by atoms with E-state index in [1.165, 1.54) is 36.4 Å². The molecule has 5 nitrogen and oxygen atoms in total. The van der Waals surface area contributed by atoms with Gasteiger partial charge in [0.25, 0.3) is 15.9 Å². The van der Waals surface area contributed by atoms with Crippen LogP contribution in [0.4, 0.5) is 18.9 Å². The van der Waals surface area contributed by atoms with Crippen LogP contribution in [0.25, 0.3) is 0 Å². The fourth-order valence-electron chi connectivity index (χ4n) is 2.03. The number of carbonyl (C=O) groups is 1. The lowest BCUT2D eigenvalue weighted by Gasteiger charge is -2.14. The minimum atomic E-state index is -4.57. The molecule has 0 aliphatic heterocycles. The highest BCUT2D eigenvalue weighted by molar-refractivity contribution is 9.10. The monoisotopic (exact) mass is 450 g/mol. The zero-order chi connectivity index (χ0) is 19.5. The van der Waals surface area contributed by atoms with Gasteiger partial charge in [-0.15, -0.1) is 0 Å². The number of aryl methyl sites for hydroxylation is 1. The number of rotatable bonds is 5. The number of benzene rings is 2. The van der Waals surface area contributed by atoms with Crippen LogP contribution >= 0.6 is 15.9 Å². The molecule has 0 radical (unpaired) electrons. The van der Waals surface area contributed by atoms with Crippen LogP contribution < -0.4 is 10.0 Å². The number of carbonyl (C=O) groups excluding carboxylic acids is 1. The predicted octanol–water partition coefficient (Wildman–Crippen LogP) is 3.85. The molecule has 140 valence electrons. The van der Waals surface area contributed by atoms with Crippen LogP contribution in [0.5, 0.6) is 0 Å². The maximum atomic E-state index is 12.5. The summed E-state index contributed by atoms with van der Waals surface area (Å²) >= 11 is 3.27. The number of hydrogen-bond donors (Lipinski definition) is 2. The van der Waals surface area contributed by atoms with E-state index in [1.54, 1.807) is 18.3 Å². The van der Waals surface area contributed by atoms with E-state index in [1.807, 2.05) is 0 Å². The maximum absolute atomic E-state index is 12.5. The summed E-state index contributed by atoms with van der Waals surface area (Å²) < 4.78 is 64.8. The molecule has 2 N–H and O–H groups in total. The topological polar surface area (TPSA) is 75.3 Å². The normalized spacial score (nSPS) is 11.9. The molecule has 2 rings (SSSR count). The Labute approximate surface area is 156 Å². The van der Waals surface area contributed by atoms with Gasteiger partial charge in [-0.25, -0.2) is 8.42 Å². The molecule has 0 spiro atoms. The van der Waals surface area contributed by atoms with Gasteiger partial charge in [0.1, 0.15) is 6.54 Å². The molecule has 0 aromatic heterocycles. The number of alkyl halides is 3. The van der Waals surface area contributed by atoms with Gasteiger partial charge in [0, 0.05) is 4.47 Å². The fourth-order valence-corrected chi connectivity index (χ4v) is 3.44. The number of halogens is 4. The molecule has 0 heterocycles. The largest absolute Gasteiger partial charge is 0.405 e. The van der Waals surface area contributed by atoms with E-state index in [2.05, 4.69) is 20.7 Å². The highest BCUT2D eigenvalue weighted by Crippen LogP contribution is 2.24. The van der Waals surface area contributed by atoms with E-state index >= 15 is 0 Å². The Hall–Kier alpha value is -2.07. The molecule has 0 unspecified atom stereocenters. The van der Waals surface area contributed by atoms with Crippen LogP contribution in [-0.2, 0) is 10.0 Å². The van der Waals surface area contributed by atoms with E-state index in [-0.39, 0.29) is 16.1 Å². The Morgan fingerprint density at radius 2 is 1.81 bits per heavy atom. The minimum absolute atomic E-state index is 0.0382. The summed E-state index contributed by atoms with van der Waals surface area (Å²) in [4.78, 5) is 11.9. The maximum Gasteiger partial charge on any atom is 0.405 e. The molecule has 10 heteroatoms. The molecule has 26 heavy (non-hydrogen) atoms. The summed E-state index contributed by atoms with van der Waals surface area (Å²) in [6.07, 6.45) is -4.57. The second kappa shape index (κ2) is 7.67. The fraction of sp³-hybridized carbons (Fsp3) is 0.188. The lowest BCUT2D eigenvalue weighted by atomic mass is 10.1. The zero-order valence-corrected chi connectivity index (χ0v) is 15.8. The summed E-state index contributed by atoms with van der Waals surface area (Å²) in [5.41, 5.74) is 0.353. The highest BCUT2D eigenvalue weighted by Gasteiger charge is 2.28. The zero-order valence-electron chi connectivity index (χ0n) is 13.4. The van der Waals surface area contributed by atoms with Crippen LogP contribution in [0.15, 0.2) is 51.8 Å². The summed E-state index contributed by atoms with van der Waals surface area (Å²) in [7, 11) is -4.03. The SMILES string of the molecule is Cc1cc(S(=O)(=O)Nc2ccccc2C(=O)NCC(F)(F)F)ccc1Br. The third-order valence-corrected chi connectivity index (χ3v) is 5.56. The molecule has 0 aliphatic carbocycles. The van der Waals surface area contributed by atoms with E-state index in [4.69, 9.17) is 0 Å². The Kier molecular flexibility index (Phi) is 5.97. The number of hydrogen-bond acceptors (Lipinski definition) is 3. The number of para-hydroxylation sites is 1. The van der Waals surface area contributed by atoms with Gasteiger partial charge in [0.2, 0.25) is 0 Å². The average Bonchev–Trinajstić information content (AvgIpc) is 2.54. The van der Waals surface area contributed by atoms with Crippen LogP contribution in [0.1, 0.15) is 15.9 Å². The summed E-state index contributed by atoms with van der Waals surface area (Å²) in [5, 5.41) is 1.72. The molecule has 0 aliphatic rings. The van der Waals surface area contributed by atoms with Crippen molar-refractivity contribution in [3.05, 3.63) is 58.1 Å². The first-order valence-corrected chi connectivity index (χ1v) is 9.50. The Bertz CT molecular complexity index is 931. The Morgan fingerprint density at radius 1 is 1.15 bits per heavy atom. The van der Waals surface area contributed by atoms with Crippen molar-refractivity contribution in [1.29, 1.82) is 0 Å². The summed E-state index contributed by atoms with van der Waals surface area (Å²) in [6.45, 7) is 0.195. The van der Waals surface area contributed by atoms with Crippen molar-refractivity contribution in [3.8, 4) is 0 Å². The quantitative estimate of drug-likeness (QED) is 0.726. The number of sulfonamides is 1. The van der Waals surface area contributed by atoms with Crippen molar-refractivity contribution in [3.63, 3.8) is 0 Å².